The molecule has 108 valence electrons. The van der Waals surface area contributed by atoms with Crippen LogP contribution in [-0.2, 0) is 4.79 Å². The van der Waals surface area contributed by atoms with Gasteiger partial charge in [-0.05, 0) is 43.9 Å². The normalized spacial score (nSPS) is 35.9. The smallest absolute Gasteiger partial charge is 0.392 e. The molecule has 0 radical (unpaired) electrons. The van der Waals surface area contributed by atoms with Crippen LogP contribution in [0.3, 0.4) is 0 Å². The van der Waals surface area contributed by atoms with Gasteiger partial charge in [0.05, 0.1) is 5.92 Å². The monoisotopic (exact) mass is 277 g/mol. The van der Waals surface area contributed by atoms with E-state index in [-0.39, 0.29) is 11.8 Å². The second-order valence-electron chi connectivity index (χ2n) is 6.50. The van der Waals surface area contributed by atoms with Gasteiger partial charge in [-0.15, -0.1) is 5.10 Å². The third-order valence-electron chi connectivity index (χ3n) is 5.13. The van der Waals surface area contributed by atoms with Crippen molar-refractivity contribution >= 4 is 5.91 Å². The third-order valence-corrected chi connectivity index (χ3v) is 5.13. The van der Waals surface area contributed by atoms with Gasteiger partial charge in [-0.25, -0.2) is 9.89 Å². The molecule has 6 heteroatoms. The second-order valence-corrected chi connectivity index (χ2v) is 6.50. The standard InChI is InChI=1S/C14H19N3O3/c18-13(11-5-9-4-10(9)6-11)17-3-1-2-8(7-17)12-15-16-14(19)20-12/h8-11H,1-7H2,(H,16,19)/t8?,9-,10+,11?. The van der Waals surface area contributed by atoms with E-state index in [0.29, 0.717) is 18.3 Å². The summed E-state index contributed by atoms with van der Waals surface area (Å²) in [5, 5.41) is 6.21. The van der Waals surface area contributed by atoms with Crippen molar-refractivity contribution < 1.29 is 9.21 Å². The summed E-state index contributed by atoms with van der Waals surface area (Å²) in [7, 11) is 0. The highest BCUT2D eigenvalue weighted by molar-refractivity contribution is 5.79. The fourth-order valence-electron chi connectivity index (χ4n) is 3.97. The van der Waals surface area contributed by atoms with Crippen molar-refractivity contribution in [2.45, 2.75) is 38.0 Å². The van der Waals surface area contributed by atoms with Gasteiger partial charge in [-0.2, -0.15) is 0 Å². The van der Waals surface area contributed by atoms with E-state index < -0.39 is 5.76 Å². The number of carbonyl (C=O) groups is 1. The zero-order chi connectivity index (χ0) is 13.7. The molecule has 6 nitrogen and oxygen atoms in total. The van der Waals surface area contributed by atoms with Crippen molar-refractivity contribution in [3.8, 4) is 0 Å². The lowest BCUT2D eigenvalue weighted by Gasteiger charge is -2.33. The van der Waals surface area contributed by atoms with Gasteiger partial charge in [0.1, 0.15) is 0 Å². The molecule has 2 saturated carbocycles. The molecule has 2 unspecified atom stereocenters. The molecule has 0 spiro atoms. The first kappa shape index (κ1) is 12.2. The molecule has 20 heavy (non-hydrogen) atoms. The molecule has 4 rings (SSSR count). The van der Waals surface area contributed by atoms with Crippen LogP contribution in [0, 0.1) is 17.8 Å². The molecule has 0 bridgehead atoms. The Kier molecular flexibility index (Phi) is 2.72. The molecular formula is C14H19N3O3. The first-order valence-electron chi connectivity index (χ1n) is 7.55. The number of rotatable bonds is 2. The van der Waals surface area contributed by atoms with E-state index in [1.165, 1.54) is 6.42 Å². The van der Waals surface area contributed by atoms with E-state index in [2.05, 4.69) is 10.2 Å². The summed E-state index contributed by atoms with van der Waals surface area (Å²) in [6.45, 7) is 1.47. The van der Waals surface area contributed by atoms with Crippen LogP contribution in [0.1, 0.15) is 43.9 Å². The zero-order valence-electron chi connectivity index (χ0n) is 11.4. The summed E-state index contributed by atoms with van der Waals surface area (Å²) >= 11 is 0. The Hall–Kier alpha value is -1.59. The van der Waals surface area contributed by atoms with Crippen LogP contribution in [-0.4, -0.2) is 34.1 Å². The number of fused-ring (bicyclic) bond motifs is 1. The minimum Gasteiger partial charge on any atom is -0.392 e. The number of amides is 1. The maximum Gasteiger partial charge on any atom is 0.434 e. The van der Waals surface area contributed by atoms with Gasteiger partial charge in [0.25, 0.3) is 0 Å². The van der Waals surface area contributed by atoms with Crippen LogP contribution in [0.15, 0.2) is 9.21 Å². The van der Waals surface area contributed by atoms with E-state index in [0.717, 1.165) is 44.1 Å². The maximum absolute atomic E-state index is 12.6. The second kappa shape index (κ2) is 4.46. The molecule has 0 aromatic carbocycles. The van der Waals surface area contributed by atoms with Gasteiger partial charge in [0, 0.05) is 19.0 Å². The van der Waals surface area contributed by atoms with E-state index in [9.17, 15) is 9.59 Å². The van der Waals surface area contributed by atoms with Crippen LogP contribution in [0.2, 0.25) is 0 Å². The predicted octanol–water partition coefficient (Wildman–Crippen LogP) is 1.11. The van der Waals surface area contributed by atoms with E-state index in [1.54, 1.807) is 0 Å². The van der Waals surface area contributed by atoms with Crippen molar-refractivity contribution in [3.63, 3.8) is 0 Å². The van der Waals surface area contributed by atoms with Gasteiger partial charge in [-0.3, -0.25) is 4.79 Å². The number of carbonyl (C=O) groups excluding carboxylic acids is 1. The Balaban J connectivity index is 1.43. The fourth-order valence-corrected chi connectivity index (χ4v) is 3.97. The Morgan fingerprint density at radius 2 is 2.10 bits per heavy atom. The molecule has 1 aromatic rings. The summed E-state index contributed by atoms with van der Waals surface area (Å²) in [5.41, 5.74) is 0. The molecule has 2 aliphatic carbocycles. The number of aromatic nitrogens is 2. The molecule has 2 heterocycles. The van der Waals surface area contributed by atoms with Gasteiger partial charge >= 0.3 is 5.76 Å². The quantitative estimate of drug-likeness (QED) is 0.878. The van der Waals surface area contributed by atoms with Crippen LogP contribution >= 0.6 is 0 Å². The minimum absolute atomic E-state index is 0.0580. The molecule has 4 atom stereocenters. The maximum atomic E-state index is 12.6. The number of hydrogen-bond donors (Lipinski definition) is 1. The largest absolute Gasteiger partial charge is 0.434 e. The molecule has 3 aliphatic rings. The highest BCUT2D eigenvalue weighted by Gasteiger charge is 2.49. The lowest BCUT2D eigenvalue weighted by atomic mass is 9.95. The van der Waals surface area contributed by atoms with E-state index >= 15 is 0 Å². The average molecular weight is 277 g/mol. The van der Waals surface area contributed by atoms with Crippen LogP contribution < -0.4 is 5.76 Å². The Morgan fingerprint density at radius 3 is 2.80 bits per heavy atom. The van der Waals surface area contributed by atoms with Crippen LogP contribution in [0.5, 0.6) is 0 Å². The summed E-state index contributed by atoms with van der Waals surface area (Å²) < 4.78 is 5.04. The van der Waals surface area contributed by atoms with Crippen molar-refractivity contribution in [2.24, 2.45) is 17.8 Å². The number of nitrogens with zero attached hydrogens (tertiary/aromatic N) is 2. The summed E-state index contributed by atoms with van der Waals surface area (Å²) in [6.07, 6.45) is 5.38. The molecule has 1 aromatic heterocycles. The van der Waals surface area contributed by atoms with Gasteiger partial charge in [0.2, 0.25) is 11.8 Å². The Labute approximate surface area is 116 Å². The highest BCUT2D eigenvalue weighted by Crippen LogP contribution is 2.54. The number of piperidine rings is 1. The molecule has 1 amide bonds. The van der Waals surface area contributed by atoms with Crippen molar-refractivity contribution in [3.05, 3.63) is 16.4 Å². The highest BCUT2D eigenvalue weighted by atomic mass is 16.4. The van der Waals surface area contributed by atoms with Crippen LogP contribution in [0.4, 0.5) is 0 Å². The number of hydrogen-bond acceptors (Lipinski definition) is 4. The molecule has 1 N–H and O–H groups in total. The number of nitrogens with one attached hydrogen (secondary N) is 1. The van der Waals surface area contributed by atoms with Crippen LogP contribution in [0.25, 0.3) is 0 Å². The number of likely N-dealkylation sites (tertiary alicyclic amines) is 1. The van der Waals surface area contributed by atoms with E-state index in [1.807, 2.05) is 4.90 Å². The van der Waals surface area contributed by atoms with Crippen molar-refractivity contribution in [1.29, 1.82) is 0 Å². The molecule has 3 fully saturated rings. The van der Waals surface area contributed by atoms with Gasteiger partial charge < -0.3 is 9.32 Å². The molecular weight excluding hydrogens is 258 g/mol. The molecule has 1 saturated heterocycles. The third kappa shape index (κ3) is 2.07. The summed E-state index contributed by atoms with van der Waals surface area (Å²) in [6, 6.07) is 0. The first-order chi connectivity index (χ1) is 9.70. The predicted molar refractivity (Wildman–Crippen MR) is 70.0 cm³/mol. The lowest BCUT2D eigenvalue weighted by Crippen LogP contribution is -2.42. The van der Waals surface area contributed by atoms with Crippen molar-refractivity contribution in [1.82, 2.24) is 15.1 Å². The summed E-state index contributed by atoms with van der Waals surface area (Å²) in [4.78, 5) is 25.5. The number of H-pyrrole nitrogens is 1. The SMILES string of the molecule is O=C(C1C[C@@H]2C[C@@H]2C1)N1CCCC(c2n[nH]c(=O)o2)C1. The topological polar surface area (TPSA) is 79.2 Å². The van der Waals surface area contributed by atoms with E-state index in [4.69, 9.17) is 4.42 Å². The van der Waals surface area contributed by atoms with Gasteiger partial charge in [0.15, 0.2) is 0 Å². The Bertz CT molecular complexity index is 568. The summed E-state index contributed by atoms with van der Waals surface area (Å²) in [5.74, 6) is 2.19. The van der Waals surface area contributed by atoms with Gasteiger partial charge in [-0.1, -0.05) is 0 Å². The zero-order valence-corrected chi connectivity index (χ0v) is 11.4. The molecule has 1 aliphatic heterocycles. The minimum atomic E-state index is -0.515. The average Bonchev–Trinajstić information content (AvgIpc) is 2.88. The lowest BCUT2D eigenvalue weighted by molar-refractivity contribution is -0.137. The first-order valence-corrected chi connectivity index (χ1v) is 7.55. The van der Waals surface area contributed by atoms with Crippen molar-refractivity contribution in [2.75, 3.05) is 13.1 Å². The Morgan fingerprint density at radius 1 is 1.30 bits per heavy atom. The number of aromatic amines is 1. The fraction of sp³-hybridized carbons (Fsp3) is 0.786.